The summed E-state index contributed by atoms with van der Waals surface area (Å²) in [6, 6.07) is 0. The highest BCUT2D eigenvalue weighted by molar-refractivity contribution is 5.04. The lowest BCUT2D eigenvalue weighted by molar-refractivity contribution is 0.106. The van der Waals surface area contributed by atoms with Crippen molar-refractivity contribution in [3.63, 3.8) is 0 Å². The van der Waals surface area contributed by atoms with Crippen LogP contribution in [0.3, 0.4) is 0 Å². The maximum atomic E-state index is 5.47. The maximum absolute atomic E-state index is 5.47. The van der Waals surface area contributed by atoms with Crippen molar-refractivity contribution in [2.75, 3.05) is 20.2 Å². The Morgan fingerprint density at radius 2 is 2.15 bits per heavy atom. The van der Waals surface area contributed by atoms with Crippen LogP contribution in [0.5, 0.6) is 0 Å². The zero-order valence-electron chi connectivity index (χ0n) is 9.05. The number of fused-ring (bicyclic) bond motifs is 1. The second kappa shape index (κ2) is 3.25. The number of ether oxygens (including phenoxy) is 1. The first-order valence-corrected chi connectivity index (χ1v) is 5.48. The number of nitrogens with zero attached hydrogens (tertiary/aromatic N) is 1. The van der Waals surface area contributed by atoms with E-state index >= 15 is 0 Å². The minimum atomic E-state index is 0.493. The molecule has 2 nitrogen and oxygen atoms in total. The van der Waals surface area contributed by atoms with E-state index < -0.39 is 0 Å². The quantitative estimate of drug-likeness (QED) is 0.648. The predicted molar refractivity (Wildman–Crippen MR) is 53.8 cm³/mol. The maximum Gasteiger partial charge on any atom is 0.0716 e. The summed E-state index contributed by atoms with van der Waals surface area (Å²) in [5, 5.41) is 0. The van der Waals surface area contributed by atoms with E-state index in [2.05, 4.69) is 18.7 Å². The van der Waals surface area contributed by atoms with Gasteiger partial charge in [-0.2, -0.15) is 0 Å². The van der Waals surface area contributed by atoms with Crippen molar-refractivity contribution in [2.24, 2.45) is 5.92 Å². The Bertz CT molecular complexity index is 195. The molecule has 2 rings (SSSR count). The smallest absolute Gasteiger partial charge is 0.0716 e. The van der Waals surface area contributed by atoms with Crippen LogP contribution in [-0.4, -0.2) is 36.7 Å². The summed E-state index contributed by atoms with van der Waals surface area (Å²) < 4.78 is 5.47. The van der Waals surface area contributed by atoms with E-state index in [1.165, 1.54) is 25.8 Å². The number of hydrogen-bond donors (Lipinski definition) is 0. The second-order valence-corrected chi connectivity index (χ2v) is 4.85. The summed E-state index contributed by atoms with van der Waals surface area (Å²) >= 11 is 0. The van der Waals surface area contributed by atoms with Crippen LogP contribution in [0.25, 0.3) is 0 Å². The Morgan fingerprint density at radius 3 is 2.69 bits per heavy atom. The largest absolute Gasteiger partial charge is 0.380 e. The van der Waals surface area contributed by atoms with Crippen LogP contribution in [-0.2, 0) is 4.74 Å². The molecule has 2 heterocycles. The second-order valence-electron chi connectivity index (χ2n) is 4.85. The molecule has 2 aliphatic rings. The van der Waals surface area contributed by atoms with Crippen molar-refractivity contribution >= 4 is 0 Å². The SMILES string of the molecule is CC[C@@]12CC(C)CN1C[C@H](OC)C2. The van der Waals surface area contributed by atoms with Gasteiger partial charge in [0.15, 0.2) is 0 Å². The van der Waals surface area contributed by atoms with Crippen LogP contribution in [0.15, 0.2) is 0 Å². The van der Waals surface area contributed by atoms with Gasteiger partial charge in [-0.05, 0) is 25.2 Å². The van der Waals surface area contributed by atoms with Gasteiger partial charge in [0.2, 0.25) is 0 Å². The van der Waals surface area contributed by atoms with E-state index in [0.29, 0.717) is 11.6 Å². The van der Waals surface area contributed by atoms with E-state index in [9.17, 15) is 0 Å². The molecule has 2 heteroatoms. The molecule has 0 spiro atoms. The highest BCUT2D eigenvalue weighted by Gasteiger charge is 2.49. The molecule has 76 valence electrons. The lowest BCUT2D eigenvalue weighted by Crippen LogP contribution is -2.37. The molecular formula is C11H21NO. The summed E-state index contributed by atoms with van der Waals surface area (Å²) in [4.78, 5) is 2.66. The topological polar surface area (TPSA) is 12.5 Å². The molecule has 2 fully saturated rings. The van der Waals surface area contributed by atoms with Gasteiger partial charge in [0.1, 0.15) is 0 Å². The Hall–Kier alpha value is -0.0800. The van der Waals surface area contributed by atoms with E-state index in [1.807, 2.05) is 7.11 Å². The van der Waals surface area contributed by atoms with Crippen LogP contribution in [0, 0.1) is 5.92 Å². The van der Waals surface area contributed by atoms with Crippen molar-refractivity contribution < 1.29 is 4.74 Å². The molecule has 0 bridgehead atoms. The average molecular weight is 183 g/mol. The van der Waals surface area contributed by atoms with Gasteiger partial charge in [-0.15, -0.1) is 0 Å². The summed E-state index contributed by atoms with van der Waals surface area (Å²) in [7, 11) is 1.85. The first-order valence-electron chi connectivity index (χ1n) is 5.48. The standard InChI is InChI=1S/C11H21NO/c1-4-11-5-9(2)7-12(11)8-10(6-11)13-3/h9-10H,4-8H2,1-3H3/t9?,10-,11+/m1/s1. The molecular weight excluding hydrogens is 162 g/mol. The Morgan fingerprint density at radius 1 is 1.38 bits per heavy atom. The molecule has 0 aromatic rings. The molecule has 1 unspecified atom stereocenters. The molecule has 2 saturated heterocycles. The molecule has 2 aliphatic heterocycles. The zero-order valence-corrected chi connectivity index (χ0v) is 9.05. The number of hydrogen-bond acceptors (Lipinski definition) is 2. The van der Waals surface area contributed by atoms with Gasteiger partial charge in [-0.1, -0.05) is 13.8 Å². The summed E-state index contributed by atoms with van der Waals surface area (Å²) in [5.41, 5.74) is 0.500. The van der Waals surface area contributed by atoms with Crippen LogP contribution >= 0.6 is 0 Å². The first kappa shape index (κ1) is 9.47. The van der Waals surface area contributed by atoms with Gasteiger partial charge in [-0.3, -0.25) is 4.90 Å². The van der Waals surface area contributed by atoms with Gasteiger partial charge in [0.05, 0.1) is 6.10 Å². The van der Waals surface area contributed by atoms with Crippen LogP contribution in [0.1, 0.15) is 33.1 Å². The monoisotopic (exact) mass is 183 g/mol. The Labute approximate surface area is 81.3 Å². The molecule has 0 saturated carbocycles. The minimum absolute atomic E-state index is 0.493. The van der Waals surface area contributed by atoms with Gasteiger partial charge in [0, 0.05) is 25.7 Å². The van der Waals surface area contributed by atoms with Crippen molar-refractivity contribution in [3.8, 4) is 0 Å². The molecule has 0 radical (unpaired) electrons. The average Bonchev–Trinajstić information content (AvgIpc) is 2.57. The molecule has 0 aromatic heterocycles. The van der Waals surface area contributed by atoms with Crippen molar-refractivity contribution in [1.82, 2.24) is 4.90 Å². The van der Waals surface area contributed by atoms with E-state index in [-0.39, 0.29) is 0 Å². The number of rotatable bonds is 2. The molecule has 0 amide bonds. The van der Waals surface area contributed by atoms with Gasteiger partial charge >= 0.3 is 0 Å². The normalized spacial score (nSPS) is 45.5. The molecule has 0 aliphatic carbocycles. The Kier molecular flexibility index (Phi) is 2.37. The Balaban J connectivity index is 2.10. The fraction of sp³-hybridized carbons (Fsp3) is 1.00. The number of methoxy groups -OCH3 is 1. The molecule has 0 N–H and O–H groups in total. The third-order valence-corrected chi connectivity index (χ3v) is 3.95. The van der Waals surface area contributed by atoms with Gasteiger partial charge < -0.3 is 4.74 Å². The molecule has 0 aromatic carbocycles. The van der Waals surface area contributed by atoms with Crippen molar-refractivity contribution in [1.29, 1.82) is 0 Å². The van der Waals surface area contributed by atoms with E-state index in [4.69, 9.17) is 4.74 Å². The van der Waals surface area contributed by atoms with Crippen molar-refractivity contribution in [3.05, 3.63) is 0 Å². The third-order valence-electron chi connectivity index (χ3n) is 3.95. The van der Waals surface area contributed by atoms with E-state index in [0.717, 1.165) is 12.5 Å². The molecule has 13 heavy (non-hydrogen) atoms. The lowest BCUT2D eigenvalue weighted by atomic mass is 9.88. The minimum Gasteiger partial charge on any atom is -0.380 e. The summed E-state index contributed by atoms with van der Waals surface area (Å²) in [6.45, 7) is 7.14. The molecule has 3 atom stereocenters. The fourth-order valence-electron chi connectivity index (χ4n) is 3.30. The highest BCUT2D eigenvalue weighted by atomic mass is 16.5. The van der Waals surface area contributed by atoms with E-state index in [1.54, 1.807) is 0 Å². The van der Waals surface area contributed by atoms with Crippen LogP contribution in [0.2, 0.25) is 0 Å². The third kappa shape index (κ3) is 1.40. The summed E-state index contributed by atoms with van der Waals surface area (Å²) in [5.74, 6) is 0.887. The van der Waals surface area contributed by atoms with Crippen LogP contribution < -0.4 is 0 Å². The van der Waals surface area contributed by atoms with Gasteiger partial charge in [-0.25, -0.2) is 0 Å². The fourth-order valence-corrected chi connectivity index (χ4v) is 3.30. The van der Waals surface area contributed by atoms with Crippen molar-refractivity contribution in [2.45, 2.75) is 44.8 Å². The zero-order chi connectivity index (χ0) is 9.47. The predicted octanol–water partition coefficient (Wildman–Crippen LogP) is 1.90. The highest BCUT2D eigenvalue weighted by Crippen LogP contribution is 2.44. The van der Waals surface area contributed by atoms with Crippen LogP contribution in [0.4, 0.5) is 0 Å². The summed E-state index contributed by atoms with van der Waals surface area (Å²) in [6.07, 6.45) is 4.41. The van der Waals surface area contributed by atoms with Gasteiger partial charge in [0.25, 0.3) is 0 Å². The lowest BCUT2D eigenvalue weighted by Gasteiger charge is -2.30. The first-order chi connectivity index (χ1) is 6.20.